The van der Waals surface area contributed by atoms with Gasteiger partial charge in [-0.1, -0.05) is 43.8 Å². The Morgan fingerprint density at radius 1 is 1.00 bits per heavy atom. The number of ether oxygens (including phenoxy) is 2. The molecule has 26 nitrogen and oxygen atoms in total. The molecule has 2 amide bonds. The van der Waals surface area contributed by atoms with E-state index in [0.717, 1.165) is 29.0 Å². The molecule has 4 rings (SSSR count). The Kier molecular flexibility index (Phi) is 18.5. The summed E-state index contributed by atoms with van der Waals surface area (Å²) in [5, 5.41) is 36.2. The molecule has 1 saturated heterocycles. The number of fused-ring (bicyclic) bond motifs is 1. The fourth-order valence-electron chi connectivity index (χ4n) is 5.48. The number of thioether (sulfide) groups is 1. The largest absolute Gasteiger partial charge is 0.493 e. The third-order valence-electron chi connectivity index (χ3n) is 8.63. The van der Waals surface area contributed by atoms with Gasteiger partial charge >= 0.3 is 23.5 Å². The minimum Gasteiger partial charge on any atom is -0.493 e. The third-order valence-corrected chi connectivity index (χ3v) is 12.6. The minimum absolute atomic E-state index is 0.0229. The SMILES string of the molecule is CC(C)(COP(=O)(O)OP(=O)(O)OC[C@H]1O[C@@H](n2cnc3c(N)ncnc32)[C@H](O)[C@@H]1OP(=O)(O)O)[C@@H](O)C(=O)NCCC(=O)NCCSC(=O)C[C@H](O)CCOc1ccccc1. The lowest BCUT2D eigenvalue weighted by Crippen LogP contribution is -2.46. The Hall–Kier alpha value is -3.46. The van der Waals surface area contributed by atoms with Crippen LogP contribution in [0.5, 0.6) is 5.75 Å². The number of nitrogens with two attached hydrogens (primary N) is 1. The van der Waals surface area contributed by atoms with Crippen LogP contribution in [0.25, 0.3) is 11.2 Å². The number of aromatic nitrogens is 4. The molecule has 3 aromatic rings. The van der Waals surface area contributed by atoms with E-state index in [9.17, 15) is 63.0 Å². The fraction of sp³-hybridized carbons (Fsp3) is 0.562. The molecule has 2 unspecified atom stereocenters. The highest BCUT2D eigenvalue weighted by atomic mass is 32.2. The molecule has 0 saturated carbocycles. The van der Waals surface area contributed by atoms with Gasteiger partial charge in [0, 0.05) is 43.5 Å². The zero-order valence-corrected chi connectivity index (χ0v) is 36.5. The number of hydrogen-bond acceptors (Lipinski definition) is 20. The van der Waals surface area contributed by atoms with Gasteiger partial charge in [-0.2, -0.15) is 4.31 Å². The quantitative estimate of drug-likeness (QED) is 0.0391. The van der Waals surface area contributed by atoms with Crippen LogP contribution < -0.4 is 21.1 Å². The van der Waals surface area contributed by atoms with E-state index in [1.54, 1.807) is 12.1 Å². The summed E-state index contributed by atoms with van der Waals surface area (Å²) in [6.45, 7) is 0.519. The van der Waals surface area contributed by atoms with Crippen LogP contribution in [0.3, 0.4) is 0 Å². The van der Waals surface area contributed by atoms with Crippen LogP contribution in [0.4, 0.5) is 5.82 Å². The van der Waals surface area contributed by atoms with Crippen LogP contribution in [-0.4, -0.2) is 141 Å². The number of rotatable bonds is 25. The number of phosphoric acid groups is 3. The lowest BCUT2D eigenvalue weighted by Gasteiger charge is -2.30. The average molecular weight is 960 g/mol. The Morgan fingerprint density at radius 2 is 1.69 bits per heavy atom. The molecule has 0 spiro atoms. The number of imidazole rings is 1. The van der Waals surface area contributed by atoms with Crippen molar-refractivity contribution in [1.82, 2.24) is 30.2 Å². The number of carbonyl (C=O) groups is 3. The molecule has 0 aliphatic carbocycles. The summed E-state index contributed by atoms with van der Waals surface area (Å²) >= 11 is 0.928. The first-order valence-electron chi connectivity index (χ1n) is 18.4. The molecular formula is C32H48N7O19P3S. The molecule has 11 N–H and O–H groups in total. The zero-order valence-electron chi connectivity index (χ0n) is 33.0. The number of aliphatic hydroxyl groups is 3. The second-order valence-corrected chi connectivity index (χ2v) is 19.5. The summed E-state index contributed by atoms with van der Waals surface area (Å²) in [7, 11) is -16.4. The first kappa shape index (κ1) is 51.2. The number of carbonyl (C=O) groups excluding carboxylic acids is 3. The minimum atomic E-state index is -5.59. The van der Waals surface area contributed by atoms with Gasteiger partial charge in [-0.05, 0) is 12.1 Å². The lowest BCUT2D eigenvalue weighted by atomic mass is 9.87. The van der Waals surface area contributed by atoms with Gasteiger partial charge in [0.15, 0.2) is 22.8 Å². The first-order chi connectivity index (χ1) is 29.0. The number of benzene rings is 1. The molecule has 2 aromatic heterocycles. The lowest BCUT2D eigenvalue weighted by molar-refractivity contribution is -0.137. The van der Waals surface area contributed by atoms with Crippen molar-refractivity contribution in [2.75, 3.05) is 44.4 Å². The van der Waals surface area contributed by atoms with Gasteiger partial charge in [0.25, 0.3) is 0 Å². The summed E-state index contributed by atoms with van der Waals surface area (Å²) < 4.78 is 67.7. The van der Waals surface area contributed by atoms with Gasteiger partial charge in [-0.3, -0.25) is 32.5 Å². The normalized spacial score (nSPS) is 21.1. The summed E-state index contributed by atoms with van der Waals surface area (Å²) in [6, 6.07) is 9.00. The molecule has 1 aromatic carbocycles. The van der Waals surface area contributed by atoms with E-state index in [2.05, 4.69) is 34.4 Å². The van der Waals surface area contributed by atoms with Crippen LogP contribution in [0.15, 0.2) is 43.0 Å². The predicted molar refractivity (Wildman–Crippen MR) is 214 cm³/mol. The fourth-order valence-corrected chi connectivity index (χ4v) is 9.05. The van der Waals surface area contributed by atoms with E-state index in [1.807, 2.05) is 18.2 Å². The van der Waals surface area contributed by atoms with E-state index in [4.69, 9.17) is 24.3 Å². The first-order valence-corrected chi connectivity index (χ1v) is 23.9. The molecule has 30 heteroatoms. The third kappa shape index (κ3) is 16.0. The number of hydrogen-bond donors (Lipinski definition) is 10. The number of nitrogens with zero attached hydrogens (tertiary/aromatic N) is 4. The van der Waals surface area contributed by atoms with Crippen molar-refractivity contribution in [2.45, 2.75) is 69.9 Å². The van der Waals surface area contributed by atoms with Crippen molar-refractivity contribution >= 4 is 69.1 Å². The van der Waals surface area contributed by atoms with Crippen LogP contribution in [0.1, 0.15) is 39.3 Å². The van der Waals surface area contributed by atoms with E-state index >= 15 is 0 Å². The number of phosphoric ester groups is 3. The molecular weight excluding hydrogens is 911 g/mol. The number of aliphatic hydroxyl groups excluding tert-OH is 3. The number of nitrogen functional groups attached to an aromatic ring is 1. The standard InChI is InChI=1S/C32H48N7O19P3S/c1-32(2,27(44)30(45)35-10-8-22(41)34-11-13-62-23(42)14-19(40)9-12-53-20-6-4-3-5-7-20)16-55-61(51,52)58-60(49,50)54-15-21-26(57-59(46,47)48)25(43)31(56-21)39-18-38-24-28(33)36-17-37-29(24)39/h3-7,17-19,21,25-27,31,40,43-44H,8-16H2,1-2H3,(H,34,41)(H,35,45)(H,49,50)(H,51,52)(H2,33,36,37)(H2,46,47,48)/t19-,21-,25-,26-,27+,31-/m1/s1. The Labute approximate surface area is 357 Å². The number of amides is 2. The molecule has 0 radical (unpaired) electrons. The molecule has 62 heavy (non-hydrogen) atoms. The van der Waals surface area contributed by atoms with Crippen LogP contribution in [0.2, 0.25) is 0 Å². The van der Waals surface area contributed by atoms with E-state index < -0.39 is 90.7 Å². The molecule has 1 fully saturated rings. The predicted octanol–water partition coefficient (Wildman–Crippen LogP) is -0.115. The van der Waals surface area contributed by atoms with Gasteiger partial charge in [-0.15, -0.1) is 0 Å². The molecule has 1 aliphatic rings. The Bertz CT molecular complexity index is 2130. The smallest absolute Gasteiger partial charge is 0.481 e. The second kappa shape index (κ2) is 22.4. The van der Waals surface area contributed by atoms with E-state index in [0.29, 0.717) is 5.75 Å². The van der Waals surface area contributed by atoms with Crippen LogP contribution in [-0.2, 0) is 50.7 Å². The molecule has 1 aliphatic heterocycles. The number of nitrogens with one attached hydrogen (secondary N) is 2. The summed E-state index contributed by atoms with van der Waals surface area (Å²) in [6.07, 6.45) is -7.79. The topological polar surface area (TPSA) is 393 Å². The summed E-state index contributed by atoms with van der Waals surface area (Å²) in [5.41, 5.74) is 4.22. The van der Waals surface area contributed by atoms with Crippen LogP contribution in [0, 0.1) is 5.41 Å². The summed E-state index contributed by atoms with van der Waals surface area (Å²) in [4.78, 5) is 88.0. The van der Waals surface area contributed by atoms with Crippen molar-refractivity contribution in [1.29, 1.82) is 0 Å². The van der Waals surface area contributed by atoms with Crippen LogP contribution >= 0.6 is 35.2 Å². The van der Waals surface area contributed by atoms with Crippen molar-refractivity contribution in [3.05, 3.63) is 43.0 Å². The summed E-state index contributed by atoms with van der Waals surface area (Å²) in [5.74, 6) is -0.678. The molecule has 346 valence electrons. The van der Waals surface area contributed by atoms with Gasteiger partial charge < -0.3 is 60.7 Å². The average Bonchev–Trinajstić information content (AvgIpc) is 3.75. The van der Waals surface area contributed by atoms with E-state index in [-0.39, 0.29) is 66.8 Å². The molecule has 8 atom stereocenters. The van der Waals surface area contributed by atoms with Crippen molar-refractivity contribution in [3.8, 4) is 5.75 Å². The van der Waals surface area contributed by atoms with E-state index in [1.165, 1.54) is 13.8 Å². The molecule has 0 bridgehead atoms. The Morgan fingerprint density at radius 3 is 2.39 bits per heavy atom. The van der Waals surface area contributed by atoms with Gasteiger partial charge in [0.2, 0.25) is 11.8 Å². The highest BCUT2D eigenvalue weighted by molar-refractivity contribution is 8.13. The number of anilines is 1. The highest BCUT2D eigenvalue weighted by Crippen LogP contribution is 2.61. The van der Waals surface area contributed by atoms with Gasteiger partial charge in [0.05, 0.1) is 32.3 Å². The number of para-hydroxylation sites is 1. The van der Waals surface area contributed by atoms with Gasteiger partial charge in [0.1, 0.15) is 42.0 Å². The second-order valence-electron chi connectivity index (χ2n) is 14.1. The van der Waals surface area contributed by atoms with Crippen molar-refractivity contribution in [2.24, 2.45) is 5.41 Å². The maximum Gasteiger partial charge on any atom is 0.481 e. The van der Waals surface area contributed by atoms with Gasteiger partial charge in [-0.25, -0.2) is 28.6 Å². The van der Waals surface area contributed by atoms with Crippen molar-refractivity contribution < 1.29 is 90.3 Å². The monoisotopic (exact) mass is 959 g/mol. The Balaban J connectivity index is 1.16. The zero-order chi connectivity index (χ0) is 45.9. The highest BCUT2D eigenvalue weighted by Gasteiger charge is 2.50. The molecule has 3 heterocycles. The maximum absolute atomic E-state index is 12.7. The van der Waals surface area contributed by atoms with Crippen molar-refractivity contribution in [3.63, 3.8) is 0 Å². The maximum atomic E-state index is 12.7.